The summed E-state index contributed by atoms with van der Waals surface area (Å²) in [5, 5.41) is 8.63. The van der Waals surface area contributed by atoms with Crippen molar-refractivity contribution in [2.24, 2.45) is 0 Å². The molecule has 3 nitrogen and oxygen atoms in total. The van der Waals surface area contributed by atoms with Crippen molar-refractivity contribution in [2.45, 2.75) is 6.54 Å². The smallest absolute Gasteiger partial charge is 0.298 e. The highest BCUT2D eigenvalue weighted by molar-refractivity contribution is 5.92. The molecule has 1 aromatic carbocycles. The first-order chi connectivity index (χ1) is 8.27. The predicted octanol–water partition coefficient (Wildman–Crippen LogP) is 1.20. The van der Waals surface area contributed by atoms with Crippen molar-refractivity contribution >= 4 is 5.91 Å². The summed E-state index contributed by atoms with van der Waals surface area (Å²) in [6, 6.07) is 9.62. The molecule has 0 heterocycles. The monoisotopic (exact) mass is 229 g/mol. The lowest BCUT2D eigenvalue weighted by atomic mass is 10.2. The molecule has 0 bridgehead atoms. The van der Waals surface area contributed by atoms with Crippen LogP contribution in [0.5, 0.6) is 0 Å². The topological polar surface area (TPSA) is 40.5 Å². The minimum atomic E-state index is -0.351. The first kappa shape index (κ1) is 13.0. The van der Waals surface area contributed by atoms with Crippen molar-refractivity contribution in [3.8, 4) is 12.3 Å². The zero-order valence-corrected chi connectivity index (χ0v) is 9.54. The molecule has 3 heteroatoms. The Morgan fingerprint density at radius 3 is 2.65 bits per heavy atom. The summed E-state index contributed by atoms with van der Waals surface area (Å²) >= 11 is 0. The van der Waals surface area contributed by atoms with Gasteiger partial charge in [-0.15, -0.1) is 6.42 Å². The van der Waals surface area contributed by atoms with E-state index < -0.39 is 0 Å². The lowest BCUT2D eigenvalue weighted by molar-refractivity contribution is -0.125. The normalized spacial score (nSPS) is 10.1. The van der Waals surface area contributed by atoms with Gasteiger partial charge in [-0.25, -0.2) is 0 Å². The lowest BCUT2D eigenvalue weighted by Crippen LogP contribution is -2.29. The number of terminal acetylenes is 1. The lowest BCUT2D eigenvalue weighted by Gasteiger charge is -2.18. The Bertz CT molecular complexity index is 418. The molecule has 0 fully saturated rings. The Hall–Kier alpha value is -2.05. The molecule has 1 N–H and O–H groups in total. The molecule has 17 heavy (non-hydrogen) atoms. The van der Waals surface area contributed by atoms with Gasteiger partial charge in [-0.2, -0.15) is 0 Å². The average molecular weight is 229 g/mol. The Balaban J connectivity index is 2.68. The summed E-state index contributed by atoms with van der Waals surface area (Å²) in [4.78, 5) is 13.0. The van der Waals surface area contributed by atoms with Crippen LogP contribution in [0.1, 0.15) is 5.56 Å². The Morgan fingerprint density at radius 2 is 2.06 bits per heavy atom. The molecule has 0 radical (unpaired) electrons. The largest absolute Gasteiger partial charge is 0.392 e. The minimum absolute atomic E-state index is 0.0383. The quantitative estimate of drug-likeness (QED) is 0.608. The highest BCUT2D eigenvalue weighted by atomic mass is 16.2. The maximum atomic E-state index is 11.5. The summed E-state index contributed by atoms with van der Waals surface area (Å²) in [7, 11) is 0. The second-order valence-electron chi connectivity index (χ2n) is 3.47. The number of carbonyl (C=O) groups is 1. The average Bonchev–Trinajstić information content (AvgIpc) is 2.38. The van der Waals surface area contributed by atoms with E-state index in [9.17, 15) is 4.79 Å². The van der Waals surface area contributed by atoms with Crippen molar-refractivity contribution < 1.29 is 9.90 Å². The highest BCUT2D eigenvalue weighted by Gasteiger charge is 2.09. The molecule has 0 aliphatic carbocycles. The van der Waals surface area contributed by atoms with E-state index in [2.05, 4.69) is 5.92 Å². The summed E-state index contributed by atoms with van der Waals surface area (Å²) in [6.07, 6.45) is 8.42. The number of hydrogen-bond donors (Lipinski definition) is 1. The van der Waals surface area contributed by atoms with E-state index in [4.69, 9.17) is 11.5 Å². The number of amides is 1. The van der Waals surface area contributed by atoms with Crippen LogP contribution in [0.2, 0.25) is 0 Å². The van der Waals surface area contributed by atoms with Gasteiger partial charge >= 0.3 is 0 Å². The van der Waals surface area contributed by atoms with Crippen molar-refractivity contribution in [2.75, 3.05) is 13.2 Å². The zero-order chi connectivity index (χ0) is 12.5. The molecule has 0 aliphatic rings. The van der Waals surface area contributed by atoms with E-state index in [1.54, 1.807) is 17.1 Å². The van der Waals surface area contributed by atoms with E-state index in [0.717, 1.165) is 5.56 Å². The molecule has 0 spiro atoms. The number of aliphatic hydroxyl groups excluding tert-OH is 1. The number of carbonyl (C=O) groups excluding carboxylic acids is 1. The first-order valence-corrected chi connectivity index (χ1v) is 5.33. The van der Waals surface area contributed by atoms with Crippen LogP contribution in [0.3, 0.4) is 0 Å². The second kappa shape index (κ2) is 7.26. The Kier molecular flexibility index (Phi) is 5.56. The Labute approximate surface area is 101 Å². The van der Waals surface area contributed by atoms with E-state index in [1.807, 2.05) is 30.3 Å². The van der Waals surface area contributed by atoms with Crippen LogP contribution in [0.25, 0.3) is 0 Å². The molecule has 0 saturated heterocycles. The number of rotatable bonds is 5. The van der Waals surface area contributed by atoms with Gasteiger partial charge in [0.2, 0.25) is 0 Å². The van der Waals surface area contributed by atoms with E-state index in [-0.39, 0.29) is 12.5 Å². The maximum absolute atomic E-state index is 11.5. The highest BCUT2D eigenvalue weighted by Crippen LogP contribution is 2.04. The van der Waals surface area contributed by atoms with Gasteiger partial charge in [-0.3, -0.25) is 4.79 Å². The van der Waals surface area contributed by atoms with Crippen molar-refractivity contribution in [1.82, 2.24) is 4.90 Å². The third-order valence-corrected chi connectivity index (χ3v) is 2.22. The van der Waals surface area contributed by atoms with Crippen LogP contribution in [0.15, 0.2) is 42.5 Å². The summed E-state index contributed by atoms with van der Waals surface area (Å²) in [5.41, 5.74) is 1.02. The molecule has 88 valence electrons. The van der Waals surface area contributed by atoms with Crippen LogP contribution >= 0.6 is 0 Å². The van der Waals surface area contributed by atoms with Crippen molar-refractivity contribution in [3.63, 3.8) is 0 Å². The molecular weight excluding hydrogens is 214 g/mol. The summed E-state index contributed by atoms with van der Waals surface area (Å²) < 4.78 is 0. The molecule has 1 rings (SSSR count). The van der Waals surface area contributed by atoms with Gasteiger partial charge in [0.05, 0.1) is 6.61 Å². The standard InChI is InChI=1S/C14H15NO2/c1-2-14(17)15(10-6-7-11-16)12-13-8-4-3-5-9-13/h1,3-9,16H,10-12H2/b7-6-. The molecule has 1 aromatic rings. The fourth-order valence-corrected chi connectivity index (χ4v) is 1.39. The molecule has 1 amide bonds. The van der Waals surface area contributed by atoms with Crippen LogP contribution in [-0.2, 0) is 11.3 Å². The van der Waals surface area contributed by atoms with Gasteiger partial charge in [0.15, 0.2) is 0 Å². The molecule has 0 unspecified atom stereocenters. The summed E-state index contributed by atoms with van der Waals surface area (Å²) in [6.45, 7) is 0.835. The van der Waals surface area contributed by atoms with Crippen molar-refractivity contribution in [3.05, 3.63) is 48.0 Å². The van der Waals surface area contributed by atoms with Gasteiger partial charge in [-0.05, 0) is 11.5 Å². The fourth-order valence-electron chi connectivity index (χ4n) is 1.39. The number of hydrogen-bond acceptors (Lipinski definition) is 2. The number of nitrogens with zero attached hydrogens (tertiary/aromatic N) is 1. The van der Waals surface area contributed by atoms with Crippen LogP contribution in [0.4, 0.5) is 0 Å². The third kappa shape index (κ3) is 4.54. The van der Waals surface area contributed by atoms with Gasteiger partial charge in [0.1, 0.15) is 0 Å². The number of benzene rings is 1. The van der Waals surface area contributed by atoms with Crippen LogP contribution in [-0.4, -0.2) is 29.1 Å². The van der Waals surface area contributed by atoms with Crippen LogP contribution < -0.4 is 0 Å². The van der Waals surface area contributed by atoms with Gasteiger partial charge in [-0.1, -0.05) is 42.5 Å². The SMILES string of the molecule is C#CC(=O)N(C/C=C\CO)Cc1ccccc1. The Morgan fingerprint density at radius 1 is 1.35 bits per heavy atom. The van der Waals surface area contributed by atoms with E-state index in [0.29, 0.717) is 13.1 Å². The fraction of sp³-hybridized carbons (Fsp3) is 0.214. The third-order valence-electron chi connectivity index (χ3n) is 2.22. The van der Waals surface area contributed by atoms with E-state index in [1.165, 1.54) is 0 Å². The predicted molar refractivity (Wildman–Crippen MR) is 66.9 cm³/mol. The molecule has 0 aliphatic heterocycles. The van der Waals surface area contributed by atoms with Crippen molar-refractivity contribution in [1.29, 1.82) is 0 Å². The van der Waals surface area contributed by atoms with Gasteiger partial charge < -0.3 is 10.0 Å². The minimum Gasteiger partial charge on any atom is -0.392 e. The van der Waals surface area contributed by atoms with Gasteiger partial charge in [0.25, 0.3) is 5.91 Å². The zero-order valence-electron chi connectivity index (χ0n) is 9.54. The summed E-state index contributed by atoms with van der Waals surface area (Å²) in [5.74, 6) is 1.75. The van der Waals surface area contributed by atoms with Crippen LogP contribution in [0, 0.1) is 12.3 Å². The second-order valence-corrected chi connectivity index (χ2v) is 3.47. The maximum Gasteiger partial charge on any atom is 0.298 e. The molecule has 0 aromatic heterocycles. The van der Waals surface area contributed by atoms with Gasteiger partial charge in [0, 0.05) is 13.1 Å². The van der Waals surface area contributed by atoms with E-state index >= 15 is 0 Å². The molecule has 0 saturated carbocycles. The molecule has 0 atom stereocenters. The first-order valence-electron chi connectivity index (χ1n) is 5.33. The molecular formula is C14H15NO2. The number of aliphatic hydroxyl groups is 1.